The van der Waals surface area contributed by atoms with Crippen molar-refractivity contribution in [2.24, 2.45) is 5.92 Å². The number of alkyl halides is 2. The Hall–Kier alpha value is -2.14. The summed E-state index contributed by atoms with van der Waals surface area (Å²) < 4.78 is 49.4. The number of ether oxygens (including phenoxy) is 1. The Labute approximate surface area is 201 Å². The summed E-state index contributed by atoms with van der Waals surface area (Å²) in [5.74, 6) is -2.88. The molecule has 0 aromatic carbocycles. The monoisotopic (exact) mass is 499 g/mol. The molecule has 0 spiro atoms. The quantitative estimate of drug-likeness (QED) is 0.602. The molecule has 1 aliphatic carbocycles. The number of nitrogens with one attached hydrogen (secondary N) is 2. The summed E-state index contributed by atoms with van der Waals surface area (Å²) >= 11 is 0. The number of hydrogen-bond donors (Lipinski definition) is 2. The highest BCUT2D eigenvalue weighted by Gasteiger charge is 2.39. The Bertz CT molecular complexity index is 1040. The molecule has 1 aliphatic rings. The number of nitrogens with zero attached hydrogens (tertiary/aromatic N) is 3. The van der Waals surface area contributed by atoms with E-state index in [0.29, 0.717) is 17.9 Å². The van der Waals surface area contributed by atoms with Crippen LogP contribution in [0.4, 0.5) is 13.6 Å². The number of carbonyl (C=O) groups is 1. The van der Waals surface area contributed by atoms with Crippen molar-refractivity contribution in [2.45, 2.75) is 96.1 Å². The van der Waals surface area contributed by atoms with Crippen LogP contribution in [0.2, 0.25) is 0 Å². The normalized spacial score (nSPS) is 19.1. The minimum atomic E-state index is -2.68. The lowest BCUT2D eigenvalue weighted by Crippen LogP contribution is -2.40. The molecule has 190 valence electrons. The minimum Gasteiger partial charge on any atom is -0.444 e. The molecule has 34 heavy (non-hydrogen) atoms. The maximum Gasteiger partial charge on any atom is 0.408 e. The van der Waals surface area contributed by atoms with Crippen molar-refractivity contribution in [1.82, 2.24) is 24.6 Å². The zero-order valence-electron chi connectivity index (χ0n) is 20.7. The van der Waals surface area contributed by atoms with Gasteiger partial charge in [0.25, 0.3) is 0 Å². The number of imidazole rings is 1. The van der Waals surface area contributed by atoms with Crippen LogP contribution in [0.15, 0.2) is 18.5 Å². The zero-order valence-corrected chi connectivity index (χ0v) is 21.5. The molecule has 3 rings (SSSR count). The molecule has 0 bridgehead atoms. The van der Waals surface area contributed by atoms with E-state index in [1.807, 2.05) is 26.8 Å². The van der Waals surface area contributed by atoms with Crippen LogP contribution >= 0.6 is 0 Å². The fraction of sp³-hybridized carbons (Fsp3) is 0.696. The van der Waals surface area contributed by atoms with Gasteiger partial charge in [0.05, 0.1) is 39.9 Å². The van der Waals surface area contributed by atoms with Gasteiger partial charge in [-0.25, -0.2) is 32.0 Å². The van der Waals surface area contributed by atoms with Crippen LogP contribution in [-0.2, 0) is 22.3 Å². The fourth-order valence-corrected chi connectivity index (χ4v) is 4.54. The van der Waals surface area contributed by atoms with E-state index in [4.69, 9.17) is 4.74 Å². The Morgan fingerprint density at radius 1 is 1.26 bits per heavy atom. The van der Waals surface area contributed by atoms with Crippen LogP contribution in [0.25, 0.3) is 5.65 Å². The molecule has 8 nitrogen and oxygen atoms in total. The molecule has 2 heterocycles. The van der Waals surface area contributed by atoms with Crippen molar-refractivity contribution in [3.05, 3.63) is 29.7 Å². The number of halogens is 2. The van der Waals surface area contributed by atoms with Gasteiger partial charge in [0.15, 0.2) is 5.65 Å². The average molecular weight is 500 g/mol. The number of carbonyl (C=O) groups excluding carboxylic acids is 1. The number of hydrogen-bond acceptors (Lipinski definition) is 5. The summed E-state index contributed by atoms with van der Waals surface area (Å²) in [5.41, 5.74) is 1.20. The molecule has 11 heteroatoms. The molecule has 2 aromatic rings. The van der Waals surface area contributed by atoms with Gasteiger partial charge in [-0.3, -0.25) is 0 Å². The van der Waals surface area contributed by atoms with Crippen molar-refractivity contribution in [3.63, 3.8) is 0 Å². The van der Waals surface area contributed by atoms with E-state index in [2.05, 4.69) is 20.1 Å². The molecular weight excluding hydrogens is 464 g/mol. The smallest absolute Gasteiger partial charge is 0.408 e. The highest BCUT2D eigenvalue weighted by atomic mass is 32.2. The lowest BCUT2D eigenvalue weighted by molar-refractivity contribution is -0.0500. The van der Waals surface area contributed by atoms with Crippen LogP contribution in [0.3, 0.4) is 0 Å². The minimum absolute atomic E-state index is 0.201. The Kier molecular flexibility index (Phi) is 7.66. The maximum atomic E-state index is 13.8. The van der Waals surface area contributed by atoms with E-state index in [9.17, 15) is 17.8 Å². The number of amides is 1. The summed E-state index contributed by atoms with van der Waals surface area (Å²) in [5, 5.41) is 7.24. The van der Waals surface area contributed by atoms with E-state index >= 15 is 0 Å². The number of aromatic nitrogens is 3. The third-order valence-electron chi connectivity index (χ3n) is 5.58. The molecule has 1 amide bonds. The summed E-state index contributed by atoms with van der Waals surface area (Å²) in [4.78, 5) is 17.2. The molecular formula is C23H35F2N5O3S. The predicted octanol–water partition coefficient (Wildman–Crippen LogP) is 4.67. The van der Waals surface area contributed by atoms with Gasteiger partial charge in [-0.15, -0.1) is 0 Å². The Morgan fingerprint density at radius 3 is 2.50 bits per heavy atom. The van der Waals surface area contributed by atoms with Crippen LogP contribution in [0.5, 0.6) is 0 Å². The average Bonchev–Trinajstić information content (AvgIpc) is 3.11. The fourth-order valence-electron chi connectivity index (χ4n) is 3.81. The third kappa shape index (κ3) is 7.18. The van der Waals surface area contributed by atoms with E-state index in [-0.39, 0.29) is 31.6 Å². The molecule has 2 N–H and O–H groups in total. The summed E-state index contributed by atoms with van der Waals surface area (Å²) in [7, 11) is -1.23. The first-order valence-electron chi connectivity index (χ1n) is 11.5. The highest BCUT2D eigenvalue weighted by molar-refractivity contribution is 7.84. The lowest BCUT2D eigenvalue weighted by atomic mass is 9.81. The third-order valence-corrected chi connectivity index (χ3v) is 7.10. The molecule has 0 saturated heterocycles. The van der Waals surface area contributed by atoms with Crippen molar-refractivity contribution < 1.29 is 22.5 Å². The zero-order chi connectivity index (χ0) is 25.3. The molecule has 0 aliphatic heterocycles. The van der Waals surface area contributed by atoms with Crippen LogP contribution in [0.1, 0.15) is 84.5 Å². The molecule has 2 atom stereocenters. The Morgan fingerprint density at radius 2 is 1.91 bits per heavy atom. The second-order valence-corrected chi connectivity index (χ2v) is 12.9. The number of alkyl carbamates (subject to hydrolysis) is 1. The van der Waals surface area contributed by atoms with E-state index in [1.165, 1.54) is 0 Å². The summed E-state index contributed by atoms with van der Waals surface area (Å²) in [6.45, 7) is 11.3. The number of rotatable bonds is 6. The van der Waals surface area contributed by atoms with Crippen molar-refractivity contribution in [2.75, 3.05) is 0 Å². The van der Waals surface area contributed by atoms with Gasteiger partial charge in [-0.2, -0.15) is 5.10 Å². The van der Waals surface area contributed by atoms with Gasteiger partial charge in [-0.1, -0.05) is 0 Å². The molecule has 0 radical (unpaired) electrons. The van der Waals surface area contributed by atoms with Crippen LogP contribution in [-0.4, -0.2) is 41.2 Å². The van der Waals surface area contributed by atoms with Crippen molar-refractivity contribution in [1.29, 1.82) is 0 Å². The molecule has 2 aromatic heterocycles. The van der Waals surface area contributed by atoms with E-state index in [1.54, 1.807) is 37.7 Å². The number of fused-ring (bicyclic) bond motifs is 1. The van der Waals surface area contributed by atoms with Gasteiger partial charge in [0, 0.05) is 19.4 Å². The Balaban J connectivity index is 1.83. The highest BCUT2D eigenvalue weighted by Crippen LogP contribution is 2.41. The standard InChI is InChI=1S/C23H35F2N5O3S/c1-21(2,3)33-20(31)29-19(16-7-9-23(24,25)10-8-16)17-14-30-18(28-17)11-15(12-26-30)13-27-34(32)22(4,5)6/h11-12,14,16,19,27H,7-10,13H2,1-6H3,(H,29,31)/t19-,34-/m0/s1. The second-order valence-electron chi connectivity index (χ2n) is 10.9. The topological polar surface area (TPSA) is 97.6 Å². The van der Waals surface area contributed by atoms with Gasteiger partial charge in [0.1, 0.15) is 5.60 Å². The maximum absolute atomic E-state index is 13.8. The van der Waals surface area contributed by atoms with Crippen LogP contribution < -0.4 is 10.0 Å². The lowest BCUT2D eigenvalue weighted by Gasteiger charge is -2.33. The first-order chi connectivity index (χ1) is 15.6. The van der Waals surface area contributed by atoms with Gasteiger partial charge in [-0.05, 0) is 71.9 Å². The van der Waals surface area contributed by atoms with E-state index in [0.717, 1.165) is 5.56 Å². The summed E-state index contributed by atoms with van der Waals surface area (Å²) in [6, 6.07) is 1.24. The van der Waals surface area contributed by atoms with Crippen molar-refractivity contribution >= 4 is 22.7 Å². The summed E-state index contributed by atoms with van der Waals surface area (Å²) in [6.07, 6.45) is 2.82. The first kappa shape index (κ1) is 26.5. The largest absolute Gasteiger partial charge is 0.444 e. The van der Waals surface area contributed by atoms with Gasteiger partial charge >= 0.3 is 6.09 Å². The van der Waals surface area contributed by atoms with E-state index < -0.39 is 39.4 Å². The molecule has 1 saturated carbocycles. The first-order valence-corrected chi connectivity index (χ1v) is 12.6. The molecule has 1 fully saturated rings. The second kappa shape index (κ2) is 9.85. The molecule has 0 unspecified atom stereocenters. The SMILES string of the molecule is CC(C)(C)OC(=O)N[C@H](c1cn2ncc(CN[S@@](=O)C(C)(C)C)cc2n1)C1CCC(F)(F)CC1. The van der Waals surface area contributed by atoms with Gasteiger partial charge in [0.2, 0.25) is 5.92 Å². The van der Waals surface area contributed by atoms with Crippen molar-refractivity contribution in [3.8, 4) is 0 Å². The van der Waals surface area contributed by atoms with Crippen LogP contribution in [0, 0.1) is 5.92 Å². The predicted molar refractivity (Wildman–Crippen MR) is 127 cm³/mol. The van der Waals surface area contributed by atoms with Gasteiger partial charge < -0.3 is 10.1 Å².